The van der Waals surface area contributed by atoms with Gasteiger partial charge < -0.3 is 20.9 Å². The van der Waals surface area contributed by atoms with E-state index in [-0.39, 0.29) is 23.9 Å². The number of carbonyl (C=O) groups excluding carboxylic acids is 2. The lowest BCUT2D eigenvalue weighted by Gasteiger charge is -2.26. The SMILES string of the molecule is CN=C(NCC(=O)NC(C)(C)C)NCc1ccc(C(=O)N2CCCCC2)cc1. The van der Waals surface area contributed by atoms with Gasteiger partial charge in [0, 0.05) is 37.8 Å². The monoisotopic (exact) mass is 387 g/mol. The summed E-state index contributed by atoms with van der Waals surface area (Å²) in [6.45, 7) is 8.24. The zero-order valence-corrected chi connectivity index (χ0v) is 17.5. The Hall–Kier alpha value is -2.57. The Labute approximate surface area is 168 Å². The number of carbonyl (C=O) groups is 2. The van der Waals surface area contributed by atoms with Crippen molar-refractivity contribution < 1.29 is 9.59 Å². The zero-order chi connectivity index (χ0) is 20.6. The molecule has 0 spiro atoms. The number of nitrogens with zero attached hydrogens (tertiary/aromatic N) is 2. The third-order valence-electron chi connectivity index (χ3n) is 4.46. The molecular formula is C21H33N5O2. The van der Waals surface area contributed by atoms with Crippen molar-refractivity contribution in [3.8, 4) is 0 Å². The molecule has 1 aliphatic rings. The molecule has 0 unspecified atom stereocenters. The number of guanidine groups is 1. The molecule has 1 fully saturated rings. The first-order valence-corrected chi connectivity index (χ1v) is 9.92. The highest BCUT2D eigenvalue weighted by Gasteiger charge is 2.18. The third kappa shape index (κ3) is 7.21. The molecule has 1 aromatic carbocycles. The van der Waals surface area contributed by atoms with Gasteiger partial charge in [0.2, 0.25) is 5.91 Å². The van der Waals surface area contributed by atoms with E-state index in [1.807, 2.05) is 49.9 Å². The largest absolute Gasteiger partial charge is 0.352 e. The lowest BCUT2D eigenvalue weighted by Crippen LogP contribution is -2.48. The molecule has 1 saturated heterocycles. The van der Waals surface area contributed by atoms with Crippen molar-refractivity contribution >= 4 is 17.8 Å². The highest BCUT2D eigenvalue weighted by molar-refractivity contribution is 5.94. The molecule has 154 valence electrons. The van der Waals surface area contributed by atoms with Gasteiger partial charge in [-0.15, -0.1) is 0 Å². The molecule has 2 amide bonds. The minimum absolute atomic E-state index is 0.0870. The molecule has 28 heavy (non-hydrogen) atoms. The Kier molecular flexibility index (Phi) is 7.84. The summed E-state index contributed by atoms with van der Waals surface area (Å²) < 4.78 is 0. The summed E-state index contributed by atoms with van der Waals surface area (Å²) >= 11 is 0. The van der Waals surface area contributed by atoms with Crippen LogP contribution in [-0.4, -0.2) is 54.9 Å². The van der Waals surface area contributed by atoms with Crippen LogP contribution in [0.1, 0.15) is 56.0 Å². The average molecular weight is 388 g/mol. The summed E-state index contributed by atoms with van der Waals surface area (Å²) in [7, 11) is 1.66. The summed E-state index contributed by atoms with van der Waals surface area (Å²) in [5.41, 5.74) is 1.51. The fourth-order valence-electron chi connectivity index (χ4n) is 3.08. The maximum absolute atomic E-state index is 12.5. The zero-order valence-electron chi connectivity index (χ0n) is 17.5. The predicted molar refractivity (Wildman–Crippen MR) is 112 cm³/mol. The Morgan fingerprint density at radius 1 is 1.04 bits per heavy atom. The van der Waals surface area contributed by atoms with Gasteiger partial charge in [-0.3, -0.25) is 14.6 Å². The summed E-state index contributed by atoms with van der Waals surface area (Å²) in [6, 6.07) is 7.65. The van der Waals surface area contributed by atoms with Gasteiger partial charge in [0.25, 0.3) is 5.91 Å². The van der Waals surface area contributed by atoms with E-state index < -0.39 is 0 Å². The van der Waals surface area contributed by atoms with E-state index in [0.29, 0.717) is 12.5 Å². The first kappa shape index (κ1) is 21.7. The van der Waals surface area contributed by atoms with Crippen LogP contribution in [0.4, 0.5) is 0 Å². The van der Waals surface area contributed by atoms with Crippen LogP contribution in [0.15, 0.2) is 29.3 Å². The van der Waals surface area contributed by atoms with Crippen LogP contribution in [0.3, 0.4) is 0 Å². The first-order valence-electron chi connectivity index (χ1n) is 9.92. The number of amides is 2. The summed E-state index contributed by atoms with van der Waals surface area (Å²) in [5, 5.41) is 9.08. The quantitative estimate of drug-likeness (QED) is 0.532. The average Bonchev–Trinajstić information content (AvgIpc) is 2.67. The number of nitrogens with one attached hydrogen (secondary N) is 3. The van der Waals surface area contributed by atoms with Crippen molar-refractivity contribution in [1.29, 1.82) is 0 Å². The van der Waals surface area contributed by atoms with Crippen molar-refractivity contribution in [1.82, 2.24) is 20.9 Å². The van der Waals surface area contributed by atoms with Crippen LogP contribution < -0.4 is 16.0 Å². The highest BCUT2D eigenvalue weighted by atomic mass is 16.2. The molecule has 7 nitrogen and oxygen atoms in total. The van der Waals surface area contributed by atoms with Crippen molar-refractivity contribution in [2.75, 3.05) is 26.7 Å². The third-order valence-corrected chi connectivity index (χ3v) is 4.46. The molecule has 0 aliphatic carbocycles. The van der Waals surface area contributed by atoms with Crippen LogP contribution in [0.2, 0.25) is 0 Å². The molecule has 0 bridgehead atoms. The Morgan fingerprint density at radius 2 is 1.68 bits per heavy atom. The molecule has 0 saturated carbocycles. The van der Waals surface area contributed by atoms with Crippen LogP contribution in [0.25, 0.3) is 0 Å². The van der Waals surface area contributed by atoms with Gasteiger partial charge in [-0.2, -0.15) is 0 Å². The van der Waals surface area contributed by atoms with Gasteiger partial charge in [-0.1, -0.05) is 12.1 Å². The van der Waals surface area contributed by atoms with Gasteiger partial charge in [-0.25, -0.2) is 0 Å². The maximum Gasteiger partial charge on any atom is 0.253 e. The van der Waals surface area contributed by atoms with E-state index in [0.717, 1.165) is 37.1 Å². The van der Waals surface area contributed by atoms with E-state index in [1.54, 1.807) is 7.05 Å². The molecule has 1 aromatic rings. The second-order valence-electron chi connectivity index (χ2n) is 8.13. The smallest absolute Gasteiger partial charge is 0.253 e. The van der Waals surface area contributed by atoms with E-state index in [9.17, 15) is 9.59 Å². The van der Waals surface area contributed by atoms with E-state index >= 15 is 0 Å². The molecule has 2 rings (SSSR count). The molecule has 1 heterocycles. The van der Waals surface area contributed by atoms with Crippen LogP contribution >= 0.6 is 0 Å². The van der Waals surface area contributed by atoms with Gasteiger partial charge >= 0.3 is 0 Å². The normalized spacial score (nSPS) is 15.1. The topological polar surface area (TPSA) is 85.8 Å². The highest BCUT2D eigenvalue weighted by Crippen LogP contribution is 2.13. The van der Waals surface area contributed by atoms with Crippen molar-refractivity contribution in [3.63, 3.8) is 0 Å². The van der Waals surface area contributed by atoms with Gasteiger partial charge in [0.15, 0.2) is 5.96 Å². The number of rotatable bonds is 5. The lowest BCUT2D eigenvalue weighted by atomic mass is 10.1. The number of aliphatic imine (C=N–C) groups is 1. The molecule has 0 atom stereocenters. The molecule has 3 N–H and O–H groups in total. The Balaban J connectivity index is 1.81. The fraction of sp³-hybridized carbons (Fsp3) is 0.571. The molecule has 1 aliphatic heterocycles. The van der Waals surface area contributed by atoms with Gasteiger partial charge in [0.1, 0.15) is 0 Å². The van der Waals surface area contributed by atoms with Crippen molar-refractivity contribution in [2.45, 2.75) is 52.1 Å². The van der Waals surface area contributed by atoms with Crippen molar-refractivity contribution in [3.05, 3.63) is 35.4 Å². The number of likely N-dealkylation sites (tertiary alicyclic amines) is 1. The van der Waals surface area contributed by atoms with E-state index in [1.165, 1.54) is 6.42 Å². The van der Waals surface area contributed by atoms with E-state index in [2.05, 4.69) is 20.9 Å². The van der Waals surface area contributed by atoms with Crippen molar-refractivity contribution in [2.24, 2.45) is 4.99 Å². The standard InChI is InChI=1S/C21H33N5O2/c1-21(2,3)25-18(27)15-24-20(22-4)23-14-16-8-10-17(11-9-16)19(28)26-12-6-5-7-13-26/h8-11H,5-7,12-15H2,1-4H3,(H,25,27)(H2,22,23,24). The van der Waals surface area contributed by atoms with Crippen LogP contribution in [-0.2, 0) is 11.3 Å². The lowest BCUT2D eigenvalue weighted by molar-refractivity contribution is -0.121. The van der Waals surface area contributed by atoms with E-state index in [4.69, 9.17) is 0 Å². The molecule has 7 heteroatoms. The molecular weight excluding hydrogens is 354 g/mol. The number of hydrogen-bond acceptors (Lipinski definition) is 3. The second-order valence-corrected chi connectivity index (χ2v) is 8.13. The van der Waals surface area contributed by atoms with Crippen LogP contribution in [0, 0.1) is 0 Å². The molecule has 0 aromatic heterocycles. The molecule has 0 radical (unpaired) electrons. The summed E-state index contributed by atoms with van der Waals surface area (Å²) in [5.74, 6) is 0.579. The van der Waals surface area contributed by atoms with Crippen LogP contribution in [0.5, 0.6) is 0 Å². The number of piperidine rings is 1. The number of benzene rings is 1. The minimum atomic E-state index is -0.261. The maximum atomic E-state index is 12.5. The van der Waals surface area contributed by atoms with Gasteiger partial charge in [-0.05, 0) is 57.7 Å². The first-order chi connectivity index (χ1) is 13.3. The Bertz CT molecular complexity index is 686. The number of hydrogen-bond donors (Lipinski definition) is 3. The predicted octanol–water partition coefficient (Wildman–Crippen LogP) is 1.89. The summed E-state index contributed by atoms with van der Waals surface area (Å²) in [6.07, 6.45) is 3.39. The fourth-order valence-corrected chi connectivity index (χ4v) is 3.08. The minimum Gasteiger partial charge on any atom is -0.352 e. The summed E-state index contributed by atoms with van der Waals surface area (Å²) in [4.78, 5) is 30.5. The second kappa shape index (κ2) is 10.1. The Morgan fingerprint density at radius 3 is 2.25 bits per heavy atom. The van der Waals surface area contributed by atoms with Gasteiger partial charge in [0.05, 0.1) is 6.54 Å².